The van der Waals surface area contributed by atoms with E-state index in [9.17, 15) is 4.79 Å². The maximum Gasteiger partial charge on any atom is 0.164 e. The molecule has 2 heteroatoms. The SMILES string of the molecule is C=CCN1CC2=C(c3ccccc3)C(=O)CC2C1. The predicted molar refractivity (Wildman–Crippen MR) is 73.1 cm³/mol. The summed E-state index contributed by atoms with van der Waals surface area (Å²) >= 11 is 0. The van der Waals surface area contributed by atoms with Gasteiger partial charge in [0.15, 0.2) is 5.78 Å². The molecule has 0 radical (unpaired) electrons. The Morgan fingerprint density at radius 2 is 2.11 bits per heavy atom. The molecule has 1 aromatic rings. The summed E-state index contributed by atoms with van der Waals surface area (Å²) in [7, 11) is 0. The Hall–Kier alpha value is -1.67. The molecule has 2 nitrogen and oxygen atoms in total. The van der Waals surface area contributed by atoms with Crippen LogP contribution >= 0.6 is 0 Å². The molecule has 1 saturated heterocycles. The molecule has 1 aliphatic heterocycles. The number of hydrogen-bond acceptors (Lipinski definition) is 2. The topological polar surface area (TPSA) is 20.3 Å². The summed E-state index contributed by atoms with van der Waals surface area (Å²) in [4.78, 5) is 14.5. The van der Waals surface area contributed by atoms with Crippen LogP contribution in [0.1, 0.15) is 12.0 Å². The highest BCUT2D eigenvalue weighted by molar-refractivity contribution is 6.24. The van der Waals surface area contributed by atoms with Gasteiger partial charge in [-0.25, -0.2) is 0 Å². The molecule has 1 aromatic carbocycles. The van der Waals surface area contributed by atoms with Crippen molar-refractivity contribution in [3.63, 3.8) is 0 Å². The first-order valence-electron chi connectivity index (χ1n) is 6.44. The van der Waals surface area contributed by atoms with Gasteiger partial charge in [0.05, 0.1) is 0 Å². The van der Waals surface area contributed by atoms with E-state index < -0.39 is 0 Å². The van der Waals surface area contributed by atoms with E-state index in [1.54, 1.807) is 0 Å². The molecule has 1 aliphatic carbocycles. The van der Waals surface area contributed by atoms with E-state index in [-0.39, 0.29) is 0 Å². The van der Waals surface area contributed by atoms with Gasteiger partial charge in [-0.3, -0.25) is 9.69 Å². The zero-order valence-electron chi connectivity index (χ0n) is 10.4. The maximum absolute atomic E-state index is 12.2. The minimum atomic E-state index is 0.319. The highest BCUT2D eigenvalue weighted by Crippen LogP contribution is 2.39. The van der Waals surface area contributed by atoms with Crippen LogP contribution in [-0.2, 0) is 4.79 Å². The highest BCUT2D eigenvalue weighted by Gasteiger charge is 2.38. The van der Waals surface area contributed by atoms with Crippen LogP contribution in [0.25, 0.3) is 5.57 Å². The number of benzene rings is 1. The fourth-order valence-corrected chi connectivity index (χ4v) is 3.11. The fraction of sp³-hybridized carbons (Fsp3) is 0.312. The summed E-state index contributed by atoms with van der Waals surface area (Å²) in [6.45, 7) is 6.63. The Morgan fingerprint density at radius 1 is 1.33 bits per heavy atom. The lowest BCUT2D eigenvalue weighted by molar-refractivity contribution is -0.113. The molecule has 92 valence electrons. The van der Waals surface area contributed by atoms with Crippen LogP contribution in [0.15, 0.2) is 48.6 Å². The van der Waals surface area contributed by atoms with Crippen LogP contribution in [0.2, 0.25) is 0 Å². The van der Waals surface area contributed by atoms with Gasteiger partial charge in [-0.2, -0.15) is 0 Å². The van der Waals surface area contributed by atoms with Gasteiger partial charge in [0.1, 0.15) is 0 Å². The van der Waals surface area contributed by atoms with Crippen molar-refractivity contribution in [2.24, 2.45) is 5.92 Å². The summed E-state index contributed by atoms with van der Waals surface area (Å²) in [5.74, 6) is 0.757. The van der Waals surface area contributed by atoms with Gasteiger partial charge in [0.2, 0.25) is 0 Å². The standard InChI is InChI=1S/C16H17NO/c1-2-8-17-10-13-9-15(18)16(14(13)11-17)12-6-4-3-5-7-12/h2-7,13H,1,8-11H2. The number of fused-ring (bicyclic) bond motifs is 1. The minimum Gasteiger partial charge on any atom is -0.295 e. The molecule has 1 fully saturated rings. The number of carbonyl (C=O) groups excluding carboxylic acids is 1. The number of carbonyl (C=O) groups is 1. The van der Waals surface area contributed by atoms with Gasteiger partial charge in [-0.15, -0.1) is 6.58 Å². The number of Topliss-reactive ketones (excluding diaryl/α,β-unsaturated/α-hetero) is 1. The van der Waals surface area contributed by atoms with Crippen LogP contribution in [-0.4, -0.2) is 30.3 Å². The smallest absolute Gasteiger partial charge is 0.164 e. The molecular formula is C16H17NO. The average Bonchev–Trinajstić information content (AvgIpc) is 2.86. The summed E-state index contributed by atoms with van der Waals surface area (Å²) in [6.07, 6.45) is 2.62. The van der Waals surface area contributed by atoms with Crippen LogP contribution in [0.4, 0.5) is 0 Å². The quantitative estimate of drug-likeness (QED) is 0.755. The van der Waals surface area contributed by atoms with Gasteiger partial charge in [-0.05, 0) is 11.1 Å². The average molecular weight is 239 g/mol. The van der Waals surface area contributed by atoms with E-state index >= 15 is 0 Å². The predicted octanol–water partition coefficient (Wildman–Crippen LogP) is 2.53. The van der Waals surface area contributed by atoms with E-state index in [0.29, 0.717) is 18.1 Å². The molecule has 0 amide bonds. The van der Waals surface area contributed by atoms with E-state index in [1.165, 1.54) is 5.57 Å². The number of likely N-dealkylation sites (tertiary alicyclic amines) is 1. The third-order valence-corrected chi connectivity index (χ3v) is 3.85. The number of rotatable bonds is 3. The second-order valence-electron chi connectivity index (χ2n) is 5.07. The summed E-state index contributed by atoms with van der Waals surface area (Å²) in [5.41, 5.74) is 3.40. The lowest BCUT2D eigenvalue weighted by atomic mass is 10.0. The van der Waals surface area contributed by atoms with Gasteiger partial charge in [-0.1, -0.05) is 36.4 Å². The Bertz CT molecular complexity index is 515. The molecule has 1 atom stereocenters. The molecule has 3 rings (SSSR count). The molecule has 0 bridgehead atoms. The first-order chi connectivity index (χ1) is 8.79. The number of hydrogen-bond donors (Lipinski definition) is 0. The molecule has 0 saturated carbocycles. The molecule has 0 spiro atoms. The van der Waals surface area contributed by atoms with Crippen molar-refractivity contribution in [1.29, 1.82) is 0 Å². The van der Waals surface area contributed by atoms with Crippen LogP contribution in [0.3, 0.4) is 0 Å². The number of allylic oxidation sites excluding steroid dienone is 1. The van der Waals surface area contributed by atoms with E-state index in [1.807, 2.05) is 36.4 Å². The van der Waals surface area contributed by atoms with Gasteiger partial charge < -0.3 is 0 Å². The van der Waals surface area contributed by atoms with Crippen molar-refractivity contribution < 1.29 is 4.79 Å². The summed E-state index contributed by atoms with van der Waals surface area (Å²) < 4.78 is 0. The number of ketones is 1. The molecule has 18 heavy (non-hydrogen) atoms. The Balaban J connectivity index is 1.97. The first kappa shape index (κ1) is 11.4. The van der Waals surface area contributed by atoms with Crippen molar-refractivity contribution in [3.8, 4) is 0 Å². The lowest BCUT2D eigenvalue weighted by Crippen LogP contribution is -2.21. The van der Waals surface area contributed by atoms with Gasteiger partial charge in [0.25, 0.3) is 0 Å². The van der Waals surface area contributed by atoms with Crippen molar-refractivity contribution in [2.45, 2.75) is 6.42 Å². The number of nitrogens with zero attached hydrogens (tertiary/aromatic N) is 1. The van der Waals surface area contributed by atoms with Crippen LogP contribution < -0.4 is 0 Å². The fourth-order valence-electron chi connectivity index (χ4n) is 3.11. The molecule has 0 aromatic heterocycles. The zero-order chi connectivity index (χ0) is 12.5. The van der Waals surface area contributed by atoms with E-state index in [2.05, 4.69) is 11.5 Å². The molecule has 1 heterocycles. The van der Waals surface area contributed by atoms with Crippen LogP contribution in [0.5, 0.6) is 0 Å². The van der Waals surface area contributed by atoms with Gasteiger partial charge in [0, 0.05) is 37.5 Å². The zero-order valence-corrected chi connectivity index (χ0v) is 10.4. The normalized spacial score (nSPS) is 23.6. The molecule has 0 N–H and O–H groups in total. The molecule has 2 aliphatic rings. The largest absolute Gasteiger partial charge is 0.295 e. The second-order valence-corrected chi connectivity index (χ2v) is 5.07. The van der Waals surface area contributed by atoms with Crippen molar-refractivity contribution in [1.82, 2.24) is 4.90 Å². The van der Waals surface area contributed by atoms with E-state index in [4.69, 9.17) is 0 Å². The van der Waals surface area contributed by atoms with Crippen molar-refractivity contribution >= 4 is 11.4 Å². The lowest BCUT2D eigenvalue weighted by Gasteiger charge is -2.13. The maximum atomic E-state index is 12.2. The van der Waals surface area contributed by atoms with Crippen molar-refractivity contribution in [3.05, 3.63) is 54.1 Å². The monoisotopic (exact) mass is 239 g/mol. The highest BCUT2D eigenvalue weighted by atomic mass is 16.1. The van der Waals surface area contributed by atoms with Crippen molar-refractivity contribution in [2.75, 3.05) is 19.6 Å². The first-order valence-corrected chi connectivity index (χ1v) is 6.44. The van der Waals surface area contributed by atoms with Crippen LogP contribution in [0, 0.1) is 5.92 Å². The Labute approximate surface area is 108 Å². The molecule has 1 unspecified atom stereocenters. The van der Waals surface area contributed by atoms with E-state index in [0.717, 1.165) is 30.8 Å². The Kier molecular flexibility index (Phi) is 2.88. The Morgan fingerprint density at radius 3 is 2.83 bits per heavy atom. The third-order valence-electron chi connectivity index (χ3n) is 3.85. The summed E-state index contributed by atoms with van der Waals surface area (Å²) in [5, 5.41) is 0. The van der Waals surface area contributed by atoms with Gasteiger partial charge >= 0.3 is 0 Å². The molecular weight excluding hydrogens is 222 g/mol. The third kappa shape index (κ3) is 1.83. The summed E-state index contributed by atoms with van der Waals surface area (Å²) in [6, 6.07) is 10.1. The second kappa shape index (κ2) is 4.54. The minimum absolute atomic E-state index is 0.319.